The number of furan rings is 1. The standard InChI is InChI=1S/C20H24N6O3/c1-22-7-4-13-5-8-25(9-6-13)20(28)14-11-15(16-3-2-10-29-16)26-12-23-17(18(21)27)19(26)24-14/h2-3,10-13,22H,4-9H2,1H3,(H2,21,27). The zero-order chi connectivity index (χ0) is 20.4. The average molecular weight is 396 g/mol. The fourth-order valence-electron chi connectivity index (χ4n) is 3.80. The normalized spacial score (nSPS) is 15.1. The summed E-state index contributed by atoms with van der Waals surface area (Å²) in [6.07, 6.45) is 6.07. The molecular weight excluding hydrogens is 372 g/mol. The summed E-state index contributed by atoms with van der Waals surface area (Å²) in [6.45, 7) is 2.37. The lowest BCUT2D eigenvalue weighted by molar-refractivity contribution is 0.0681. The molecular formula is C20H24N6O3. The number of nitrogens with two attached hydrogens (primary N) is 1. The highest BCUT2D eigenvalue weighted by atomic mass is 16.3. The fraction of sp³-hybridized carbons (Fsp3) is 0.400. The zero-order valence-corrected chi connectivity index (χ0v) is 16.3. The number of fused-ring (bicyclic) bond motifs is 1. The highest BCUT2D eigenvalue weighted by Crippen LogP contribution is 2.25. The van der Waals surface area contributed by atoms with E-state index < -0.39 is 5.91 Å². The summed E-state index contributed by atoms with van der Waals surface area (Å²) in [5.41, 5.74) is 6.55. The largest absolute Gasteiger partial charge is 0.463 e. The van der Waals surface area contributed by atoms with Crippen LogP contribution in [-0.4, -0.2) is 57.8 Å². The number of likely N-dealkylation sites (tertiary alicyclic amines) is 1. The van der Waals surface area contributed by atoms with Gasteiger partial charge in [0.05, 0.1) is 12.0 Å². The maximum absolute atomic E-state index is 13.2. The van der Waals surface area contributed by atoms with Gasteiger partial charge in [0.15, 0.2) is 17.1 Å². The third kappa shape index (κ3) is 3.73. The van der Waals surface area contributed by atoms with Crippen LogP contribution in [0, 0.1) is 5.92 Å². The number of piperidine rings is 1. The van der Waals surface area contributed by atoms with E-state index in [9.17, 15) is 9.59 Å². The molecule has 4 rings (SSSR count). The summed E-state index contributed by atoms with van der Waals surface area (Å²) in [4.78, 5) is 35.2. The molecule has 0 aromatic carbocycles. The molecule has 3 N–H and O–H groups in total. The van der Waals surface area contributed by atoms with Crippen LogP contribution in [0.5, 0.6) is 0 Å². The van der Waals surface area contributed by atoms with Crippen LogP contribution in [0.4, 0.5) is 0 Å². The molecule has 0 saturated carbocycles. The number of hydrogen-bond acceptors (Lipinski definition) is 6. The Morgan fingerprint density at radius 3 is 2.79 bits per heavy atom. The lowest BCUT2D eigenvalue weighted by atomic mass is 9.93. The predicted octanol–water partition coefficient (Wildman–Crippen LogP) is 1.55. The van der Waals surface area contributed by atoms with Gasteiger partial charge < -0.3 is 20.4 Å². The van der Waals surface area contributed by atoms with Gasteiger partial charge in [0, 0.05) is 13.1 Å². The molecule has 3 aromatic rings. The van der Waals surface area contributed by atoms with Gasteiger partial charge in [-0.2, -0.15) is 0 Å². The van der Waals surface area contributed by atoms with Crippen molar-refractivity contribution in [3.05, 3.63) is 42.2 Å². The minimum atomic E-state index is -0.694. The number of primary amides is 1. The first-order chi connectivity index (χ1) is 14.1. The Labute approximate surface area is 167 Å². The van der Waals surface area contributed by atoms with Crippen LogP contribution >= 0.6 is 0 Å². The number of imidazole rings is 1. The Kier molecular flexibility index (Phi) is 5.30. The maximum atomic E-state index is 13.2. The molecule has 0 atom stereocenters. The summed E-state index contributed by atoms with van der Waals surface area (Å²) in [5, 5.41) is 3.18. The maximum Gasteiger partial charge on any atom is 0.272 e. The van der Waals surface area contributed by atoms with E-state index in [1.165, 1.54) is 6.33 Å². The first-order valence-electron chi connectivity index (χ1n) is 9.74. The van der Waals surface area contributed by atoms with Gasteiger partial charge in [0.2, 0.25) is 0 Å². The minimum Gasteiger partial charge on any atom is -0.463 e. The van der Waals surface area contributed by atoms with Crippen molar-refractivity contribution in [1.29, 1.82) is 0 Å². The van der Waals surface area contributed by atoms with Crippen molar-refractivity contribution in [3.63, 3.8) is 0 Å². The molecule has 1 fully saturated rings. The molecule has 152 valence electrons. The Hall–Kier alpha value is -3.20. The van der Waals surface area contributed by atoms with Crippen LogP contribution in [-0.2, 0) is 0 Å². The van der Waals surface area contributed by atoms with Gasteiger partial charge in [0.1, 0.15) is 12.0 Å². The number of amides is 2. The summed E-state index contributed by atoms with van der Waals surface area (Å²) in [7, 11) is 1.95. The van der Waals surface area contributed by atoms with Gasteiger partial charge in [-0.1, -0.05) is 0 Å². The summed E-state index contributed by atoms with van der Waals surface area (Å²) in [6, 6.07) is 5.21. The number of carbonyl (C=O) groups is 2. The van der Waals surface area contributed by atoms with Crippen molar-refractivity contribution in [1.82, 2.24) is 24.6 Å². The molecule has 0 radical (unpaired) electrons. The van der Waals surface area contributed by atoms with E-state index in [0.29, 0.717) is 30.5 Å². The molecule has 1 aliphatic rings. The van der Waals surface area contributed by atoms with Crippen LogP contribution in [0.25, 0.3) is 17.1 Å². The highest BCUT2D eigenvalue weighted by Gasteiger charge is 2.26. The van der Waals surface area contributed by atoms with Crippen LogP contribution in [0.1, 0.15) is 40.2 Å². The molecule has 9 nitrogen and oxygen atoms in total. The quantitative estimate of drug-likeness (QED) is 0.652. The van der Waals surface area contributed by atoms with Crippen molar-refractivity contribution in [2.75, 3.05) is 26.7 Å². The van der Waals surface area contributed by atoms with E-state index in [1.807, 2.05) is 11.9 Å². The summed E-state index contributed by atoms with van der Waals surface area (Å²) >= 11 is 0. The van der Waals surface area contributed by atoms with Gasteiger partial charge >= 0.3 is 0 Å². The second-order valence-electron chi connectivity index (χ2n) is 7.28. The Morgan fingerprint density at radius 2 is 2.14 bits per heavy atom. The molecule has 2 amide bonds. The van der Waals surface area contributed by atoms with E-state index in [-0.39, 0.29) is 22.9 Å². The molecule has 1 saturated heterocycles. The molecule has 0 spiro atoms. The fourth-order valence-corrected chi connectivity index (χ4v) is 3.80. The molecule has 9 heteroatoms. The first kappa shape index (κ1) is 19.1. The third-order valence-corrected chi connectivity index (χ3v) is 5.43. The molecule has 0 bridgehead atoms. The number of hydrogen-bond donors (Lipinski definition) is 2. The summed E-state index contributed by atoms with van der Waals surface area (Å²) in [5.74, 6) is 0.312. The van der Waals surface area contributed by atoms with Crippen LogP contribution in [0.15, 0.2) is 35.2 Å². The van der Waals surface area contributed by atoms with E-state index in [0.717, 1.165) is 25.8 Å². The summed E-state index contributed by atoms with van der Waals surface area (Å²) < 4.78 is 7.12. The second kappa shape index (κ2) is 8.04. The minimum absolute atomic E-state index is 0.0261. The van der Waals surface area contributed by atoms with Crippen molar-refractivity contribution < 1.29 is 14.0 Å². The number of nitrogens with zero attached hydrogens (tertiary/aromatic N) is 4. The van der Waals surface area contributed by atoms with Crippen molar-refractivity contribution >= 4 is 17.5 Å². The van der Waals surface area contributed by atoms with E-state index >= 15 is 0 Å². The second-order valence-corrected chi connectivity index (χ2v) is 7.28. The van der Waals surface area contributed by atoms with Gasteiger partial charge in [-0.05, 0) is 57.0 Å². The highest BCUT2D eigenvalue weighted by molar-refractivity contribution is 5.99. The van der Waals surface area contributed by atoms with Crippen LogP contribution in [0.3, 0.4) is 0 Å². The topological polar surface area (TPSA) is 119 Å². The van der Waals surface area contributed by atoms with Gasteiger partial charge in [0.25, 0.3) is 11.8 Å². The molecule has 1 aliphatic heterocycles. The smallest absolute Gasteiger partial charge is 0.272 e. The SMILES string of the molecule is CNCCC1CCN(C(=O)c2cc(-c3ccco3)n3cnc(C(N)=O)c3n2)CC1. The predicted molar refractivity (Wildman–Crippen MR) is 106 cm³/mol. The van der Waals surface area contributed by atoms with Gasteiger partial charge in [-0.25, -0.2) is 9.97 Å². The van der Waals surface area contributed by atoms with E-state index in [4.69, 9.17) is 10.2 Å². The first-order valence-corrected chi connectivity index (χ1v) is 9.74. The van der Waals surface area contributed by atoms with Gasteiger partial charge in [-0.15, -0.1) is 0 Å². The van der Waals surface area contributed by atoms with Crippen molar-refractivity contribution in [3.8, 4) is 11.5 Å². The number of aromatic nitrogens is 3. The lowest BCUT2D eigenvalue weighted by Gasteiger charge is -2.32. The van der Waals surface area contributed by atoms with E-state index in [2.05, 4.69) is 15.3 Å². The number of rotatable bonds is 6. The van der Waals surface area contributed by atoms with Gasteiger partial charge in [-0.3, -0.25) is 14.0 Å². The third-order valence-electron chi connectivity index (χ3n) is 5.43. The molecule has 4 heterocycles. The Morgan fingerprint density at radius 1 is 1.34 bits per heavy atom. The zero-order valence-electron chi connectivity index (χ0n) is 16.3. The van der Waals surface area contributed by atoms with Crippen LogP contribution in [0.2, 0.25) is 0 Å². The molecule has 0 unspecified atom stereocenters. The Bertz CT molecular complexity index is 1020. The molecule has 0 aliphatic carbocycles. The number of carbonyl (C=O) groups excluding carboxylic acids is 2. The lowest BCUT2D eigenvalue weighted by Crippen LogP contribution is -2.39. The van der Waals surface area contributed by atoms with Crippen molar-refractivity contribution in [2.24, 2.45) is 11.7 Å². The van der Waals surface area contributed by atoms with Crippen LogP contribution < -0.4 is 11.1 Å². The number of nitrogens with one attached hydrogen (secondary N) is 1. The molecule has 29 heavy (non-hydrogen) atoms. The molecule has 3 aromatic heterocycles. The average Bonchev–Trinajstić information content (AvgIpc) is 3.41. The van der Waals surface area contributed by atoms with E-state index in [1.54, 1.807) is 28.9 Å². The van der Waals surface area contributed by atoms with Crippen molar-refractivity contribution in [2.45, 2.75) is 19.3 Å². The Balaban J connectivity index is 1.66. The monoisotopic (exact) mass is 396 g/mol.